The number of pyridine rings is 1. The van der Waals surface area contributed by atoms with E-state index in [0.29, 0.717) is 10.7 Å². The maximum atomic E-state index is 12.3. The number of fused-ring (bicyclic) bond motifs is 3. The van der Waals surface area contributed by atoms with E-state index in [0.717, 1.165) is 40.4 Å². The number of thiophene rings is 1. The fraction of sp³-hybridized carbons (Fsp3) is 0.227. The van der Waals surface area contributed by atoms with Gasteiger partial charge in [0.15, 0.2) is 0 Å². The molecule has 0 unspecified atom stereocenters. The molecule has 0 radical (unpaired) electrons. The first-order valence-electron chi connectivity index (χ1n) is 9.22. The molecule has 0 saturated carbocycles. The van der Waals surface area contributed by atoms with Crippen molar-refractivity contribution in [2.45, 2.75) is 26.3 Å². The lowest BCUT2D eigenvalue weighted by Gasteiger charge is -2.17. The molecule has 0 aliphatic heterocycles. The molecule has 4 aromatic rings. The fourth-order valence-electron chi connectivity index (χ4n) is 3.76. The maximum Gasteiger partial charge on any atom is 0.266 e. The first-order valence-corrected chi connectivity index (χ1v) is 10.1. The number of aromatic amines is 1. The van der Waals surface area contributed by atoms with Crippen molar-refractivity contribution in [2.75, 3.05) is 6.54 Å². The fourth-order valence-corrected chi connectivity index (χ4v) is 4.55. The van der Waals surface area contributed by atoms with Crippen LogP contribution in [0.2, 0.25) is 0 Å². The molecule has 0 saturated heterocycles. The van der Waals surface area contributed by atoms with Crippen LogP contribution in [0.25, 0.3) is 32.1 Å². The summed E-state index contributed by atoms with van der Waals surface area (Å²) in [5.41, 5.74) is 3.58. The van der Waals surface area contributed by atoms with Crippen LogP contribution in [0.4, 0.5) is 0 Å². The molecule has 27 heavy (non-hydrogen) atoms. The minimum absolute atomic E-state index is 0.0871. The smallest absolute Gasteiger partial charge is 0.266 e. The van der Waals surface area contributed by atoms with Gasteiger partial charge >= 0.3 is 0 Å². The lowest BCUT2D eigenvalue weighted by atomic mass is 9.95. The van der Waals surface area contributed by atoms with Gasteiger partial charge in [-0.1, -0.05) is 38.1 Å². The van der Waals surface area contributed by atoms with E-state index in [4.69, 9.17) is 0 Å². The van der Waals surface area contributed by atoms with Crippen LogP contribution in [0.5, 0.6) is 5.75 Å². The van der Waals surface area contributed by atoms with Gasteiger partial charge < -0.3 is 15.4 Å². The average Bonchev–Trinajstić information content (AvgIpc) is 3.18. The van der Waals surface area contributed by atoms with Crippen LogP contribution in [-0.2, 0) is 0 Å². The molecule has 0 fully saturated rings. The number of aromatic hydroxyl groups is 1. The van der Waals surface area contributed by atoms with Crippen molar-refractivity contribution in [3.63, 3.8) is 0 Å². The predicted octanol–water partition coefficient (Wildman–Crippen LogP) is 5.18. The summed E-state index contributed by atoms with van der Waals surface area (Å²) in [5, 5.41) is 17.8. The molecule has 4 rings (SSSR count). The lowest BCUT2D eigenvalue weighted by Crippen LogP contribution is -2.19. The van der Waals surface area contributed by atoms with Crippen LogP contribution < -0.4 is 10.9 Å². The number of hydrogen-bond donors (Lipinski definition) is 3. The zero-order valence-electron chi connectivity index (χ0n) is 15.4. The SMILES string of the molecule is CCN[C@@H](CC)c1ccc(-c2c(O)ccc3[nH]c(=O)c4sccc4c23)cc1. The Hall–Kier alpha value is -2.63. The molecule has 2 heterocycles. The van der Waals surface area contributed by atoms with Crippen molar-refractivity contribution in [1.29, 1.82) is 0 Å². The molecular formula is C22H22N2O2S. The molecule has 2 aromatic carbocycles. The molecule has 4 nitrogen and oxygen atoms in total. The van der Waals surface area contributed by atoms with E-state index in [-0.39, 0.29) is 11.3 Å². The average molecular weight is 378 g/mol. The first-order chi connectivity index (χ1) is 13.1. The molecule has 0 spiro atoms. The van der Waals surface area contributed by atoms with Crippen LogP contribution in [0.15, 0.2) is 52.6 Å². The van der Waals surface area contributed by atoms with Crippen molar-refractivity contribution >= 4 is 32.3 Å². The van der Waals surface area contributed by atoms with Crippen molar-refractivity contribution in [1.82, 2.24) is 10.3 Å². The van der Waals surface area contributed by atoms with Gasteiger partial charge in [-0.3, -0.25) is 4.79 Å². The Morgan fingerprint density at radius 3 is 2.59 bits per heavy atom. The van der Waals surface area contributed by atoms with Gasteiger partial charge in [0.2, 0.25) is 0 Å². The molecule has 0 amide bonds. The van der Waals surface area contributed by atoms with Crippen molar-refractivity contribution < 1.29 is 5.11 Å². The largest absolute Gasteiger partial charge is 0.507 e. The number of rotatable bonds is 5. The molecule has 1 atom stereocenters. The van der Waals surface area contributed by atoms with E-state index in [1.807, 2.05) is 23.6 Å². The van der Waals surface area contributed by atoms with Gasteiger partial charge in [0, 0.05) is 27.9 Å². The third-order valence-corrected chi connectivity index (χ3v) is 5.95. The minimum Gasteiger partial charge on any atom is -0.507 e. The zero-order chi connectivity index (χ0) is 19.0. The predicted molar refractivity (Wildman–Crippen MR) is 114 cm³/mol. The summed E-state index contributed by atoms with van der Waals surface area (Å²) in [4.78, 5) is 15.2. The summed E-state index contributed by atoms with van der Waals surface area (Å²) in [7, 11) is 0. The minimum atomic E-state index is -0.0871. The van der Waals surface area contributed by atoms with Crippen LogP contribution in [-0.4, -0.2) is 16.6 Å². The van der Waals surface area contributed by atoms with Crippen LogP contribution in [0.3, 0.4) is 0 Å². The number of phenols is 1. The van der Waals surface area contributed by atoms with Gasteiger partial charge in [-0.2, -0.15) is 0 Å². The van der Waals surface area contributed by atoms with E-state index >= 15 is 0 Å². The van der Waals surface area contributed by atoms with E-state index in [1.165, 1.54) is 16.9 Å². The van der Waals surface area contributed by atoms with E-state index in [1.54, 1.807) is 12.1 Å². The Morgan fingerprint density at radius 1 is 1.11 bits per heavy atom. The second kappa shape index (κ2) is 7.18. The van der Waals surface area contributed by atoms with E-state index in [9.17, 15) is 9.90 Å². The number of nitrogens with one attached hydrogen (secondary N) is 2. The number of benzene rings is 2. The van der Waals surface area contributed by atoms with Crippen LogP contribution in [0, 0.1) is 0 Å². The molecule has 0 aliphatic rings. The second-order valence-corrected chi connectivity index (χ2v) is 7.56. The molecular weight excluding hydrogens is 356 g/mol. The van der Waals surface area contributed by atoms with Crippen molar-refractivity contribution in [3.8, 4) is 16.9 Å². The molecule has 0 aliphatic carbocycles. The van der Waals surface area contributed by atoms with Crippen LogP contribution >= 0.6 is 11.3 Å². The normalized spacial score (nSPS) is 12.7. The molecule has 5 heteroatoms. The number of H-pyrrole nitrogens is 1. The summed E-state index contributed by atoms with van der Waals surface area (Å²) < 4.78 is 0.684. The highest BCUT2D eigenvalue weighted by Gasteiger charge is 2.16. The number of aromatic nitrogens is 1. The summed E-state index contributed by atoms with van der Waals surface area (Å²) in [6.07, 6.45) is 1.02. The van der Waals surface area contributed by atoms with Crippen molar-refractivity contribution in [3.05, 3.63) is 63.8 Å². The highest BCUT2D eigenvalue weighted by molar-refractivity contribution is 7.17. The Kier molecular flexibility index (Phi) is 4.72. The van der Waals surface area contributed by atoms with E-state index in [2.05, 4.69) is 36.3 Å². The highest BCUT2D eigenvalue weighted by atomic mass is 32.1. The summed E-state index contributed by atoms with van der Waals surface area (Å²) >= 11 is 1.42. The van der Waals surface area contributed by atoms with Crippen LogP contribution in [0.1, 0.15) is 31.9 Å². The molecule has 3 N–H and O–H groups in total. The topological polar surface area (TPSA) is 65.1 Å². The summed E-state index contributed by atoms with van der Waals surface area (Å²) in [6.45, 7) is 5.20. The Balaban J connectivity index is 1.92. The number of phenolic OH excluding ortho intramolecular Hbond substituents is 1. The van der Waals surface area contributed by atoms with Gasteiger partial charge in [-0.25, -0.2) is 0 Å². The lowest BCUT2D eigenvalue weighted by molar-refractivity contribution is 0.478. The Bertz CT molecular complexity index is 1160. The monoisotopic (exact) mass is 378 g/mol. The summed E-state index contributed by atoms with van der Waals surface area (Å²) in [5.74, 6) is 0.216. The van der Waals surface area contributed by atoms with Gasteiger partial charge in [-0.15, -0.1) is 11.3 Å². The quantitative estimate of drug-likeness (QED) is 0.448. The number of hydrogen-bond acceptors (Lipinski definition) is 4. The third kappa shape index (κ3) is 3.03. The van der Waals surface area contributed by atoms with Gasteiger partial charge in [0.25, 0.3) is 5.56 Å². The molecule has 138 valence electrons. The Labute approximate surface area is 161 Å². The second-order valence-electron chi connectivity index (χ2n) is 6.64. The maximum absolute atomic E-state index is 12.3. The van der Waals surface area contributed by atoms with Gasteiger partial charge in [0.1, 0.15) is 10.4 Å². The standard InChI is InChI=1S/C22H22N2O2S/c1-3-16(23-4-2)13-5-7-14(8-6-13)19-18(25)10-9-17-20(19)15-11-12-27-21(15)22(26)24-17/h5-12,16,23,25H,3-4H2,1-2H3,(H,24,26)/t16-/m0/s1. The third-order valence-electron chi connectivity index (χ3n) is 5.03. The van der Waals surface area contributed by atoms with Gasteiger partial charge in [0.05, 0.1) is 0 Å². The molecule has 0 bridgehead atoms. The van der Waals surface area contributed by atoms with E-state index < -0.39 is 0 Å². The van der Waals surface area contributed by atoms with Crippen molar-refractivity contribution in [2.24, 2.45) is 0 Å². The zero-order valence-corrected chi connectivity index (χ0v) is 16.2. The Morgan fingerprint density at radius 2 is 1.89 bits per heavy atom. The highest BCUT2D eigenvalue weighted by Crippen LogP contribution is 2.39. The summed E-state index contributed by atoms with van der Waals surface area (Å²) in [6, 6.07) is 14.0. The van der Waals surface area contributed by atoms with Gasteiger partial charge in [-0.05, 0) is 47.7 Å². The first kappa shape index (κ1) is 17.8. The molecule has 2 aromatic heterocycles.